The van der Waals surface area contributed by atoms with Crippen LogP contribution < -0.4 is 5.73 Å². The van der Waals surface area contributed by atoms with Crippen LogP contribution in [0.5, 0.6) is 0 Å². The van der Waals surface area contributed by atoms with Gasteiger partial charge in [0, 0.05) is 6.04 Å². The fourth-order valence-corrected chi connectivity index (χ4v) is 1.56. The third-order valence-corrected chi connectivity index (χ3v) is 2.45. The number of nitrogens with two attached hydrogens (primary N) is 1. The molecule has 2 N–H and O–H groups in total. The van der Waals surface area contributed by atoms with Crippen LogP contribution in [0.4, 0.5) is 4.79 Å². The number of nitrogens with zero attached hydrogens (tertiary/aromatic N) is 1. The summed E-state index contributed by atoms with van der Waals surface area (Å²) in [6.07, 6.45) is -0.614. The van der Waals surface area contributed by atoms with Crippen LogP contribution >= 0.6 is 0 Å². The molecule has 1 aliphatic heterocycles. The predicted molar refractivity (Wildman–Crippen MR) is 56.4 cm³/mol. The van der Waals surface area contributed by atoms with E-state index in [1.165, 1.54) is 0 Å². The molecule has 1 aliphatic rings. The van der Waals surface area contributed by atoms with Crippen LogP contribution in [-0.2, 0) is 9.53 Å². The average molecular weight is 220 g/mol. The summed E-state index contributed by atoms with van der Waals surface area (Å²) in [4.78, 5) is 23.5. The molecule has 0 aromatic heterocycles. The summed E-state index contributed by atoms with van der Waals surface area (Å²) < 4.78 is 4.60. The van der Waals surface area contributed by atoms with Gasteiger partial charge in [0.25, 0.3) is 5.91 Å². The molecule has 0 radical (unpaired) electrons. The van der Waals surface area contributed by atoms with E-state index in [2.05, 4.69) is 4.74 Å². The van der Waals surface area contributed by atoms with Gasteiger partial charge in [-0.3, -0.25) is 4.79 Å². The normalized spacial score (nSPS) is 17.4. The molecular formula is C11H12N2O3. The van der Waals surface area contributed by atoms with Gasteiger partial charge in [0.2, 0.25) is 0 Å². The molecule has 0 saturated carbocycles. The Kier molecular flexibility index (Phi) is 2.87. The molecule has 0 spiro atoms. The lowest BCUT2D eigenvalue weighted by Gasteiger charge is -2.17. The van der Waals surface area contributed by atoms with E-state index in [4.69, 9.17) is 5.73 Å². The topological polar surface area (TPSA) is 72.6 Å². The summed E-state index contributed by atoms with van der Waals surface area (Å²) in [5.74, 6) is -0.337. The summed E-state index contributed by atoms with van der Waals surface area (Å²) in [5.41, 5.74) is 6.78. The maximum absolute atomic E-state index is 11.3. The van der Waals surface area contributed by atoms with Crippen LogP contribution in [0.15, 0.2) is 30.3 Å². The molecule has 1 saturated heterocycles. The molecule has 2 rings (SSSR count). The number of cyclic esters (lactones) is 1. The van der Waals surface area contributed by atoms with Crippen LogP contribution in [-0.4, -0.2) is 30.1 Å². The van der Waals surface area contributed by atoms with Crippen molar-refractivity contribution in [2.45, 2.75) is 6.04 Å². The molecule has 84 valence electrons. The van der Waals surface area contributed by atoms with Crippen molar-refractivity contribution in [1.29, 1.82) is 0 Å². The molecule has 1 atom stereocenters. The highest BCUT2D eigenvalue weighted by atomic mass is 16.6. The summed E-state index contributed by atoms with van der Waals surface area (Å²) in [5, 5.41) is 0. The molecule has 16 heavy (non-hydrogen) atoms. The first kappa shape index (κ1) is 10.6. The lowest BCUT2D eigenvalue weighted by atomic mass is 10.1. The van der Waals surface area contributed by atoms with E-state index in [1.807, 2.05) is 30.3 Å². The standard InChI is InChI=1S/C11H12N2O3/c12-9(8-4-2-1-3-5-8)6-13-10(14)7-16-11(13)15/h1-5,9H,6-7,12H2/t9-/m1/s1. The van der Waals surface area contributed by atoms with Crippen LogP contribution in [0.25, 0.3) is 0 Å². The minimum atomic E-state index is -0.614. The first-order valence-electron chi connectivity index (χ1n) is 4.96. The van der Waals surface area contributed by atoms with Gasteiger partial charge < -0.3 is 10.5 Å². The molecule has 5 nitrogen and oxygen atoms in total. The Morgan fingerprint density at radius 3 is 2.56 bits per heavy atom. The van der Waals surface area contributed by atoms with Gasteiger partial charge in [0.15, 0.2) is 6.61 Å². The van der Waals surface area contributed by atoms with Crippen LogP contribution in [0.2, 0.25) is 0 Å². The van der Waals surface area contributed by atoms with Gasteiger partial charge in [-0.25, -0.2) is 9.69 Å². The summed E-state index contributed by atoms with van der Waals surface area (Å²) >= 11 is 0. The van der Waals surface area contributed by atoms with Crippen molar-refractivity contribution < 1.29 is 14.3 Å². The van der Waals surface area contributed by atoms with Gasteiger partial charge >= 0.3 is 6.09 Å². The van der Waals surface area contributed by atoms with E-state index >= 15 is 0 Å². The second kappa shape index (κ2) is 4.32. The van der Waals surface area contributed by atoms with Crippen molar-refractivity contribution in [2.24, 2.45) is 5.73 Å². The molecule has 0 unspecified atom stereocenters. The Bertz CT molecular complexity index is 389. The van der Waals surface area contributed by atoms with E-state index in [0.717, 1.165) is 10.5 Å². The molecule has 1 heterocycles. The summed E-state index contributed by atoms with van der Waals surface area (Å²) in [6, 6.07) is 8.94. The monoisotopic (exact) mass is 220 g/mol. The number of carbonyl (C=O) groups excluding carboxylic acids is 2. The van der Waals surface area contributed by atoms with Crippen molar-refractivity contribution in [3.63, 3.8) is 0 Å². The number of carbonyl (C=O) groups is 2. The highest BCUT2D eigenvalue weighted by Gasteiger charge is 2.32. The number of rotatable bonds is 3. The average Bonchev–Trinajstić information content (AvgIpc) is 2.62. The molecule has 1 aromatic carbocycles. The Hall–Kier alpha value is -1.88. The van der Waals surface area contributed by atoms with Crippen LogP contribution in [0.3, 0.4) is 0 Å². The molecule has 1 fully saturated rings. The highest BCUT2D eigenvalue weighted by Crippen LogP contribution is 2.14. The van der Waals surface area contributed by atoms with E-state index in [1.54, 1.807) is 0 Å². The number of ether oxygens (including phenoxy) is 1. The molecule has 0 aliphatic carbocycles. The van der Waals surface area contributed by atoms with Crippen molar-refractivity contribution >= 4 is 12.0 Å². The van der Waals surface area contributed by atoms with Crippen molar-refractivity contribution in [2.75, 3.05) is 13.2 Å². The molecule has 1 aromatic rings. The third-order valence-electron chi connectivity index (χ3n) is 2.45. The van der Waals surface area contributed by atoms with E-state index in [9.17, 15) is 9.59 Å². The van der Waals surface area contributed by atoms with Gasteiger partial charge in [0.05, 0.1) is 6.54 Å². The van der Waals surface area contributed by atoms with Gasteiger partial charge in [-0.15, -0.1) is 0 Å². The first-order valence-corrected chi connectivity index (χ1v) is 4.96. The number of benzene rings is 1. The van der Waals surface area contributed by atoms with Crippen LogP contribution in [0, 0.1) is 0 Å². The number of hydrogen-bond acceptors (Lipinski definition) is 4. The lowest BCUT2D eigenvalue weighted by Crippen LogP contribution is -2.36. The number of amides is 2. The molecular weight excluding hydrogens is 208 g/mol. The van der Waals surface area contributed by atoms with E-state index < -0.39 is 6.09 Å². The zero-order chi connectivity index (χ0) is 11.5. The first-order chi connectivity index (χ1) is 7.68. The van der Waals surface area contributed by atoms with Crippen molar-refractivity contribution in [1.82, 2.24) is 4.90 Å². The minimum Gasteiger partial charge on any atom is -0.439 e. The maximum Gasteiger partial charge on any atom is 0.417 e. The second-order valence-electron chi connectivity index (χ2n) is 3.58. The van der Waals surface area contributed by atoms with Gasteiger partial charge in [-0.2, -0.15) is 0 Å². The Morgan fingerprint density at radius 1 is 1.31 bits per heavy atom. The smallest absolute Gasteiger partial charge is 0.417 e. The zero-order valence-corrected chi connectivity index (χ0v) is 8.63. The minimum absolute atomic E-state index is 0.154. The van der Waals surface area contributed by atoms with Crippen molar-refractivity contribution in [3.8, 4) is 0 Å². The van der Waals surface area contributed by atoms with E-state index in [0.29, 0.717) is 0 Å². The SMILES string of the molecule is N[C@H](CN1C(=O)COC1=O)c1ccccc1. The Balaban J connectivity index is 2.05. The molecule has 0 bridgehead atoms. The summed E-state index contributed by atoms with van der Waals surface area (Å²) in [7, 11) is 0. The maximum atomic E-state index is 11.3. The van der Waals surface area contributed by atoms with Gasteiger partial charge in [-0.05, 0) is 5.56 Å². The van der Waals surface area contributed by atoms with Crippen molar-refractivity contribution in [3.05, 3.63) is 35.9 Å². The highest BCUT2D eigenvalue weighted by molar-refractivity contribution is 5.97. The summed E-state index contributed by atoms with van der Waals surface area (Å²) in [6.45, 7) is -0.0258. The Morgan fingerprint density at radius 2 is 2.00 bits per heavy atom. The molecule has 2 amide bonds. The third kappa shape index (κ3) is 2.04. The quantitative estimate of drug-likeness (QED) is 0.812. The fraction of sp³-hybridized carbons (Fsp3) is 0.273. The van der Waals surface area contributed by atoms with E-state index in [-0.39, 0.29) is 25.1 Å². The second-order valence-corrected chi connectivity index (χ2v) is 3.58. The largest absolute Gasteiger partial charge is 0.439 e. The van der Waals surface area contributed by atoms with Gasteiger partial charge in [0.1, 0.15) is 0 Å². The van der Waals surface area contributed by atoms with Gasteiger partial charge in [-0.1, -0.05) is 30.3 Å². The van der Waals surface area contributed by atoms with Crippen LogP contribution in [0.1, 0.15) is 11.6 Å². The number of imide groups is 1. The Labute approximate surface area is 92.8 Å². The fourth-order valence-electron chi connectivity index (χ4n) is 1.56. The zero-order valence-electron chi connectivity index (χ0n) is 8.63. The lowest BCUT2D eigenvalue weighted by molar-refractivity contribution is -0.126. The molecule has 5 heteroatoms. The predicted octanol–water partition coefficient (Wildman–Crippen LogP) is 0.665. The number of hydrogen-bond donors (Lipinski definition) is 1.